The normalized spacial score (nSPS) is 44.8. The summed E-state index contributed by atoms with van der Waals surface area (Å²) in [5.74, 6) is 3.27. The van der Waals surface area contributed by atoms with Crippen LogP contribution in [0.15, 0.2) is 12.2 Å². The molecule has 4 bridgehead atoms. The zero-order chi connectivity index (χ0) is 12.1. The van der Waals surface area contributed by atoms with Gasteiger partial charge in [0.2, 0.25) is 0 Å². The minimum absolute atomic E-state index is 0.523. The molecule has 4 aliphatic rings. The number of allylic oxidation sites excluding steroid dienone is 2. The maximum Gasteiger partial charge on any atom is -0.0235 e. The molecule has 0 unspecified atom stereocenters. The summed E-state index contributed by atoms with van der Waals surface area (Å²) in [6.07, 6.45) is 15.3. The van der Waals surface area contributed by atoms with Gasteiger partial charge in [0.25, 0.3) is 0 Å². The molecule has 4 saturated carbocycles. The predicted octanol–water partition coefficient (Wildman–Crippen LogP) is 5.20. The van der Waals surface area contributed by atoms with Gasteiger partial charge < -0.3 is 0 Å². The third kappa shape index (κ3) is 1.79. The fraction of sp³-hybridized carbons (Fsp3) is 0.882. The molecule has 0 radical (unpaired) electrons. The molecule has 0 aromatic carbocycles. The van der Waals surface area contributed by atoms with Gasteiger partial charge in [-0.05, 0) is 80.5 Å². The van der Waals surface area contributed by atoms with Crippen LogP contribution in [0.25, 0.3) is 0 Å². The van der Waals surface area contributed by atoms with Crippen molar-refractivity contribution in [1.82, 2.24) is 0 Å². The van der Waals surface area contributed by atoms with Crippen molar-refractivity contribution in [3.63, 3.8) is 0 Å². The van der Waals surface area contributed by atoms with Crippen LogP contribution in [0, 0.1) is 28.6 Å². The van der Waals surface area contributed by atoms with Gasteiger partial charge in [0.1, 0.15) is 0 Å². The van der Waals surface area contributed by atoms with Crippen LogP contribution in [0.5, 0.6) is 0 Å². The Labute approximate surface area is 107 Å². The summed E-state index contributed by atoms with van der Waals surface area (Å²) in [4.78, 5) is 0. The van der Waals surface area contributed by atoms with Crippen LogP contribution in [0.2, 0.25) is 0 Å². The van der Waals surface area contributed by atoms with E-state index in [9.17, 15) is 0 Å². The van der Waals surface area contributed by atoms with Gasteiger partial charge in [0, 0.05) is 0 Å². The second kappa shape index (κ2) is 3.87. The van der Waals surface area contributed by atoms with Crippen molar-refractivity contribution >= 4 is 0 Å². The largest absolute Gasteiger partial charge is 0.0916 e. The van der Waals surface area contributed by atoms with Crippen molar-refractivity contribution in [3.8, 4) is 0 Å². The molecule has 4 fully saturated rings. The van der Waals surface area contributed by atoms with E-state index in [0.29, 0.717) is 10.8 Å². The van der Waals surface area contributed by atoms with Crippen LogP contribution in [0.4, 0.5) is 0 Å². The molecule has 0 aliphatic heterocycles. The molecule has 0 heterocycles. The highest BCUT2D eigenvalue weighted by atomic mass is 14.6. The summed E-state index contributed by atoms with van der Waals surface area (Å²) in [6.45, 7) is 7.25. The van der Waals surface area contributed by atoms with Crippen LogP contribution in [0.3, 0.4) is 0 Å². The fourth-order valence-electron chi connectivity index (χ4n) is 5.57. The van der Waals surface area contributed by atoms with Crippen molar-refractivity contribution in [3.05, 3.63) is 12.2 Å². The first-order valence-electron chi connectivity index (χ1n) is 7.66. The zero-order valence-corrected chi connectivity index (χ0v) is 11.8. The summed E-state index contributed by atoms with van der Waals surface area (Å²) >= 11 is 0. The summed E-state index contributed by atoms with van der Waals surface area (Å²) in [5, 5.41) is 0. The van der Waals surface area contributed by atoms with E-state index in [1.807, 2.05) is 0 Å². The Morgan fingerprint density at radius 2 is 1.47 bits per heavy atom. The molecule has 17 heavy (non-hydrogen) atoms. The Morgan fingerprint density at radius 3 is 1.88 bits per heavy atom. The van der Waals surface area contributed by atoms with Crippen molar-refractivity contribution in [2.75, 3.05) is 0 Å². The minimum Gasteiger partial charge on any atom is -0.0916 e. The van der Waals surface area contributed by atoms with E-state index < -0.39 is 0 Å². The van der Waals surface area contributed by atoms with Gasteiger partial charge in [0.15, 0.2) is 0 Å². The second-order valence-electron chi connectivity index (χ2n) is 7.85. The molecule has 96 valence electrons. The molecule has 0 heteroatoms. The van der Waals surface area contributed by atoms with Crippen molar-refractivity contribution in [2.45, 2.75) is 65.7 Å². The second-order valence-corrected chi connectivity index (χ2v) is 7.85. The molecule has 0 amide bonds. The molecule has 4 rings (SSSR count). The van der Waals surface area contributed by atoms with Gasteiger partial charge in [0.05, 0.1) is 0 Å². The SMILES string of the molecule is C/C=C/CC(C)(C)C12CC3CC(CC(C3)C1)C2. The lowest BCUT2D eigenvalue weighted by Gasteiger charge is -2.62. The average Bonchev–Trinajstić information content (AvgIpc) is 2.24. The van der Waals surface area contributed by atoms with E-state index >= 15 is 0 Å². The van der Waals surface area contributed by atoms with Gasteiger partial charge in [-0.1, -0.05) is 26.0 Å². The average molecular weight is 232 g/mol. The Balaban J connectivity index is 1.85. The molecule has 4 aliphatic carbocycles. The number of hydrogen-bond acceptors (Lipinski definition) is 0. The highest BCUT2D eigenvalue weighted by molar-refractivity contribution is 5.08. The quantitative estimate of drug-likeness (QED) is 0.587. The summed E-state index contributed by atoms with van der Waals surface area (Å²) < 4.78 is 0. The van der Waals surface area contributed by atoms with E-state index in [0.717, 1.165) is 17.8 Å². The van der Waals surface area contributed by atoms with Crippen LogP contribution >= 0.6 is 0 Å². The number of rotatable bonds is 3. The van der Waals surface area contributed by atoms with Crippen LogP contribution in [-0.2, 0) is 0 Å². The Hall–Kier alpha value is -0.260. The lowest BCUT2D eigenvalue weighted by atomic mass is 9.43. The van der Waals surface area contributed by atoms with E-state index in [4.69, 9.17) is 0 Å². The third-order valence-electron chi connectivity index (χ3n) is 6.34. The monoisotopic (exact) mass is 232 g/mol. The minimum atomic E-state index is 0.523. The fourth-order valence-corrected chi connectivity index (χ4v) is 5.57. The molecule has 0 aromatic heterocycles. The molecule has 0 spiro atoms. The summed E-state index contributed by atoms with van der Waals surface area (Å²) in [5.41, 5.74) is 1.22. The molecule has 0 atom stereocenters. The standard InChI is InChI=1S/C17H28/c1-4-5-6-16(2,3)17-10-13-7-14(11-17)9-15(8-13)12-17/h4-5,13-15H,6-12H2,1-3H3/b5-4+. The molecule has 0 nitrogen and oxygen atoms in total. The molecule has 0 aromatic rings. The molecule has 0 N–H and O–H groups in total. The van der Waals surface area contributed by atoms with Crippen LogP contribution in [0.1, 0.15) is 65.7 Å². The Bertz CT molecular complexity index is 286. The highest BCUT2D eigenvalue weighted by Gasteiger charge is 2.56. The van der Waals surface area contributed by atoms with E-state index in [1.54, 1.807) is 38.5 Å². The first-order valence-corrected chi connectivity index (χ1v) is 7.66. The van der Waals surface area contributed by atoms with Crippen LogP contribution < -0.4 is 0 Å². The van der Waals surface area contributed by atoms with Gasteiger partial charge in [-0.25, -0.2) is 0 Å². The summed E-state index contributed by atoms with van der Waals surface area (Å²) in [7, 11) is 0. The van der Waals surface area contributed by atoms with Crippen LogP contribution in [-0.4, -0.2) is 0 Å². The van der Waals surface area contributed by atoms with E-state index in [2.05, 4.69) is 32.9 Å². The zero-order valence-electron chi connectivity index (χ0n) is 11.8. The summed E-state index contributed by atoms with van der Waals surface area (Å²) in [6, 6.07) is 0. The Morgan fingerprint density at radius 1 is 1.00 bits per heavy atom. The van der Waals surface area contributed by atoms with E-state index in [-0.39, 0.29) is 0 Å². The van der Waals surface area contributed by atoms with E-state index in [1.165, 1.54) is 6.42 Å². The molecular formula is C17H28. The lowest BCUT2D eigenvalue weighted by molar-refractivity contribution is -0.118. The van der Waals surface area contributed by atoms with Gasteiger partial charge in [-0.3, -0.25) is 0 Å². The number of hydrogen-bond donors (Lipinski definition) is 0. The Kier molecular flexibility index (Phi) is 2.69. The highest BCUT2D eigenvalue weighted by Crippen LogP contribution is 2.66. The van der Waals surface area contributed by atoms with Crippen molar-refractivity contribution in [1.29, 1.82) is 0 Å². The first-order chi connectivity index (χ1) is 8.05. The van der Waals surface area contributed by atoms with Gasteiger partial charge in [-0.2, -0.15) is 0 Å². The van der Waals surface area contributed by atoms with Gasteiger partial charge >= 0.3 is 0 Å². The van der Waals surface area contributed by atoms with Crippen molar-refractivity contribution < 1.29 is 0 Å². The lowest BCUT2D eigenvalue weighted by Crippen LogP contribution is -2.52. The van der Waals surface area contributed by atoms with Crippen molar-refractivity contribution in [2.24, 2.45) is 28.6 Å². The predicted molar refractivity (Wildman–Crippen MR) is 73.8 cm³/mol. The van der Waals surface area contributed by atoms with Gasteiger partial charge in [-0.15, -0.1) is 0 Å². The topological polar surface area (TPSA) is 0 Å². The smallest absolute Gasteiger partial charge is 0.0235 e. The first kappa shape index (κ1) is 11.8. The maximum absolute atomic E-state index is 2.54. The molecule has 0 saturated heterocycles. The maximum atomic E-state index is 2.54. The molecular weight excluding hydrogens is 204 g/mol. The third-order valence-corrected chi connectivity index (χ3v) is 6.34.